The number of nitrogens with zero attached hydrogens (tertiary/aromatic N) is 4. The molecule has 0 aliphatic carbocycles. The summed E-state index contributed by atoms with van der Waals surface area (Å²) in [5, 5.41) is 27.8. The maximum atomic E-state index is 13.1. The predicted molar refractivity (Wildman–Crippen MR) is 135 cm³/mol. The molecule has 1 saturated heterocycles. The average molecular weight is 549 g/mol. The number of benzene rings is 1. The zero-order valence-corrected chi connectivity index (χ0v) is 21.8. The molecule has 0 spiro atoms. The molecule has 4 rings (SSSR count). The van der Waals surface area contributed by atoms with Gasteiger partial charge in [-0.1, -0.05) is 23.5 Å². The maximum absolute atomic E-state index is 13.1. The molecule has 2 amide bonds. The van der Waals surface area contributed by atoms with E-state index in [-0.39, 0.29) is 21.6 Å². The number of aromatic nitrogens is 3. The van der Waals surface area contributed by atoms with Gasteiger partial charge in [-0.05, 0) is 43.5 Å². The van der Waals surface area contributed by atoms with Gasteiger partial charge in [0.05, 0.1) is 23.5 Å². The van der Waals surface area contributed by atoms with E-state index in [2.05, 4.69) is 15.4 Å². The normalized spacial score (nSPS) is 18.4. The van der Waals surface area contributed by atoms with Crippen LogP contribution in [0.5, 0.6) is 0 Å². The Hall–Kier alpha value is -3.33. The van der Waals surface area contributed by atoms with Crippen molar-refractivity contribution in [1.82, 2.24) is 25.0 Å². The summed E-state index contributed by atoms with van der Waals surface area (Å²) in [6, 6.07) is 7.76. The van der Waals surface area contributed by atoms with Crippen molar-refractivity contribution in [3.05, 3.63) is 54.0 Å². The Balaban J connectivity index is 1.43. The Bertz CT molecular complexity index is 1370. The van der Waals surface area contributed by atoms with Crippen molar-refractivity contribution in [3.63, 3.8) is 0 Å². The summed E-state index contributed by atoms with van der Waals surface area (Å²) < 4.78 is 26.0. The monoisotopic (exact) mass is 548 g/mol. The van der Waals surface area contributed by atoms with Gasteiger partial charge >= 0.3 is 0 Å². The zero-order valence-electron chi connectivity index (χ0n) is 20.2. The summed E-state index contributed by atoms with van der Waals surface area (Å²) in [4.78, 5) is 31.1. The van der Waals surface area contributed by atoms with Crippen molar-refractivity contribution in [2.24, 2.45) is 0 Å². The third kappa shape index (κ3) is 5.66. The van der Waals surface area contributed by atoms with Crippen LogP contribution < -0.4 is 11.1 Å². The number of rotatable bonds is 8. The first-order valence-electron chi connectivity index (χ1n) is 11.5. The van der Waals surface area contributed by atoms with Gasteiger partial charge in [0.1, 0.15) is 4.21 Å². The van der Waals surface area contributed by atoms with Gasteiger partial charge in [-0.2, -0.15) is 5.10 Å². The molecule has 12 nitrogen and oxygen atoms in total. The van der Waals surface area contributed by atoms with E-state index in [0.29, 0.717) is 12.8 Å². The minimum absolute atomic E-state index is 0.0429. The predicted octanol–water partition coefficient (Wildman–Crippen LogP) is 0.577. The number of carbonyl (C=O) groups excluding carboxylic acids is 2. The largest absolute Gasteiger partial charge is 0.380 e. The second kappa shape index (κ2) is 10.6. The summed E-state index contributed by atoms with van der Waals surface area (Å²) in [6.45, 7) is 1.91. The highest BCUT2D eigenvalue weighted by Crippen LogP contribution is 2.38. The van der Waals surface area contributed by atoms with Crippen LogP contribution in [0, 0.1) is 0 Å². The number of anilines is 1. The topological polar surface area (TPSA) is 181 Å². The lowest BCUT2D eigenvalue weighted by Crippen LogP contribution is -2.51. The van der Waals surface area contributed by atoms with Gasteiger partial charge in [0.15, 0.2) is 27.2 Å². The molecule has 1 aliphatic heterocycles. The van der Waals surface area contributed by atoms with Crippen LogP contribution in [0.4, 0.5) is 5.13 Å². The molecular weight excluding hydrogens is 520 g/mol. The molecule has 2 aromatic heterocycles. The van der Waals surface area contributed by atoms with Crippen molar-refractivity contribution >= 4 is 38.1 Å². The molecule has 198 valence electrons. The maximum Gasteiger partial charge on any atom is 0.255 e. The molecule has 0 saturated carbocycles. The van der Waals surface area contributed by atoms with Gasteiger partial charge < -0.3 is 26.2 Å². The van der Waals surface area contributed by atoms with Crippen LogP contribution in [0.2, 0.25) is 0 Å². The van der Waals surface area contributed by atoms with Crippen LogP contribution in [0.25, 0.3) is 5.69 Å². The average Bonchev–Trinajstić information content (AvgIpc) is 3.62. The molecule has 14 heteroatoms. The molecular formula is C23H28N6O6S2. The number of nitrogen functional groups attached to an aromatic ring is 1. The van der Waals surface area contributed by atoms with Crippen LogP contribution in [-0.4, -0.2) is 75.1 Å². The van der Waals surface area contributed by atoms with E-state index < -0.39 is 45.9 Å². The lowest BCUT2D eigenvalue weighted by Gasteiger charge is -2.28. The Labute approximate surface area is 217 Å². The standard InChI is InChI=1S/C23H28N6O6S2/c1-13(14-6-8-15(9-7-14)29-12-4-10-25-29)26-20(32)18(30)19(31)21(33)28-11-3-5-16(28)17-22(37(2,34)35)36-23(24)27-17/h4,6-10,12-13,16,18-19,30-31H,3,5,11H2,1-2H3,(H2,24,27)(H,26,32)/t13-,16-,18-,19-/m1/s1. The van der Waals surface area contributed by atoms with Gasteiger partial charge in [-0.3, -0.25) is 9.59 Å². The van der Waals surface area contributed by atoms with Gasteiger partial charge in [0.25, 0.3) is 11.8 Å². The number of carbonyl (C=O) groups is 2. The molecule has 1 aliphatic rings. The highest BCUT2D eigenvalue weighted by molar-refractivity contribution is 7.92. The van der Waals surface area contributed by atoms with Gasteiger partial charge in [0, 0.05) is 25.2 Å². The number of aliphatic hydroxyl groups is 2. The number of sulfone groups is 1. The lowest BCUT2D eigenvalue weighted by molar-refractivity contribution is -0.154. The molecule has 4 atom stereocenters. The summed E-state index contributed by atoms with van der Waals surface area (Å²) >= 11 is 0.806. The molecule has 1 fully saturated rings. The van der Waals surface area contributed by atoms with Gasteiger partial charge in [-0.15, -0.1) is 0 Å². The molecule has 37 heavy (non-hydrogen) atoms. The molecule has 0 unspecified atom stereocenters. The molecule has 3 aromatic rings. The summed E-state index contributed by atoms with van der Waals surface area (Å²) in [5.41, 5.74) is 7.44. The first-order valence-corrected chi connectivity index (χ1v) is 14.2. The van der Waals surface area contributed by atoms with Crippen LogP contribution in [0.15, 0.2) is 46.9 Å². The fraction of sp³-hybridized carbons (Fsp3) is 0.391. The van der Waals surface area contributed by atoms with E-state index in [1.165, 1.54) is 4.90 Å². The smallest absolute Gasteiger partial charge is 0.255 e. The summed E-state index contributed by atoms with van der Waals surface area (Å²) in [6.07, 6.45) is 1.33. The van der Waals surface area contributed by atoms with Crippen molar-refractivity contribution in [1.29, 1.82) is 0 Å². The fourth-order valence-corrected chi connectivity index (χ4v) is 6.34. The Morgan fingerprint density at radius 1 is 1.22 bits per heavy atom. The minimum Gasteiger partial charge on any atom is -0.380 e. The van der Waals surface area contributed by atoms with Crippen LogP contribution in [0.1, 0.15) is 43.1 Å². The second-order valence-corrected chi connectivity index (χ2v) is 12.1. The molecule has 0 radical (unpaired) electrons. The van der Waals surface area contributed by atoms with Crippen molar-refractivity contribution in [3.8, 4) is 5.69 Å². The number of nitrogens with two attached hydrogens (primary N) is 1. The highest BCUT2D eigenvalue weighted by atomic mass is 32.2. The fourth-order valence-electron chi connectivity index (χ4n) is 4.29. The lowest BCUT2D eigenvalue weighted by atomic mass is 10.1. The number of hydrogen-bond acceptors (Lipinski definition) is 10. The number of amides is 2. The van der Waals surface area contributed by atoms with Crippen molar-refractivity contribution in [2.45, 2.75) is 48.3 Å². The van der Waals surface area contributed by atoms with Crippen LogP contribution in [0.3, 0.4) is 0 Å². The highest BCUT2D eigenvalue weighted by Gasteiger charge is 2.41. The van der Waals surface area contributed by atoms with Gasteiger partial charge in [0.2, 0.25) is 0 Å². The first kappa shape index (κ1) is 26.7. The SMILES string of the molecule is C[C@@H](NC(=O)[C@H](O)[C@@H](O)C(=O)N1CCC[C@@H]1c1nc(N)sc1S(C)(=O)=O)c1ccc(-n2cccn2)cc1. The van der Waals surface area contributed by atoms with E-state index >= 15 is 0 Å². The quantitative estimate of drug-likeness (QED) is 0.313. The Morgan fingerprint density at radius 3 is 2.54 bits per heavy atom. The summed E-state index contributed by atoms with van der Waals surface area (Å²) in [7, 11) is -3.65. The number of likely N-dealkylation sites (tertiary alicyclic amines) is 1. The zero-order chi connectivity index (χ0) is 26.9. The molecule has 5 N–H and O–H groups in total. The first-order chi connectivity index (χ1) is 17.5. The van der Waals surface area contributed by atoms with Crippen LogP contribution in [-0.2, 0) is 19.4 Å². The Morgan fingerprint density at radius 2 is 1.92 bits per heavy atom. The van der Waals surface area contributed by atoms with E-state index in [1.54, 1.807) is 42.2 Å². The van der Waals surface area contributed by atoms with Gasteiger partial charge in [-0.25, -0.2) is 18.1 Å². The number of hydrogen-bond donors (Lipinski definition) is 4. The molecule has 0 bridgehead atoms. The molecule has 1 aromatic carbocycles. The Kier molecular flexibility index (Phi) is 7.64. The molecule has 3 heterocycles. The van der Waals surface area contributed by atoms with Crippen LogP contribution >= 0.6 is 11.3 Å². The third-order valence-corrected chi connectivity index (χ3v) is 8.90. The van der Waals surface area contributed by atoms with E-state index in [1.807, 2.05) is 12.1 Å². The number of nitrogens with one attached hydrogen (secondary N) is 1. The number of aliphatic hydroxyl groups excluding tert-OH is 2. The second-order valence-electron chi connectivity index (χ2n) is 8.85. The van der Waals surface area contributed by atoms with Crippen molar-refractivity contribution in [2.75, 3.05) is 18.5 Å². The van der Waals surface area contributed by atoms with E-state index in [9.17, 15) is 28.2 Å². The van der Waals surface area contributed by atoms with E-state index in [4.69, 9.17) is 5.73 Å². The van der Waals surface area contributed by atoms with Crippen molar-refractivity contribution < 1.29 is 28.2 Å². The van der Waals surface area contributed by atoms with E-state index in [0.717, 1.165) is 28.8 Å². The number of thiazole rings is 1. The summed E-state index contributed by atoms with van der Waals surface area (Å²) in [5.74, 6) is -1.82. The third-order valence-electron chi connectivity index (χ3n) is 6.17. The minimum atomic E-state index is -3.65.